The van der Waals surface area contributed by atoms with Crippen molar-refractivity contribution in [2.75, 3.05) is 6.54 Å². The van der Waals surface area contributed by atoms with E-state index in [9.17, 15) is 4.79 Å². The number of aromatic nitrogens is 1. The zero-order valence-corrected chi connectivity index (χ0v) is 14.0. The van der Waals surface area contributed by atoms with E-state index in [1.807, 2.05) is 10.9 Å². The van der Waals surface area contributed by atoms with Crippen molar-refractivity contribution >= 4 is 17.2 Å². The smallest absolute Gasteiger partial charge is 0.223 e. The van der Waals surface area contributed by atoms with E-state index in [4.69, 9.17) is 0 Å². The number of likely N-dealkylation sites (tertiary alicyclic amines) is 1. The van der Waals surface area contributed by atoms with Gasteiger partial charge in [-0.15, -0.1) is 11.3 Å². The molecule has 2 fully saturated rings. The number of amides is 1. The fraction of sp³-hybridized carbons (Fsp3) is 0.765. The van der Waals surface area contributed by atoms with E-state index in [-0.39, 0.29) is 0 Å². The number of carbonyl (C=O) groups is 1. The topological polar surface area (TPSA) is 33.2 Å². The zero-order chi connectivity index (χ0) is 14.9. The first-order valence-electron chi connectivity index (χ1n) is 8.29. The Bertz CT molecular complexity index is 477. The lowest BCUT2D eigenvalue weighted by Crippen LogP contribution is -2.68. The van der Waals surface area contributed by atoms with Crippen molar-refractivity contribution in [3.63, 3.8) is 0 Å². The predicted octanol–water partition coefficient (Wildman–Crippen LogP) is 3.89. The molecule has 1 unspecified atom stereocenters. The van der Waals surface area contributed by atoms with Crippen LogP contribution in [0, 0.1) is 11.3 Å². The van der Waals surface area contributed by atoms with Crippen LogP contribution < -0.4 is 0 Å². The number of carbonyl (C=O) groups excluding carboxylic acids is 1. The summed E-state index contributed by atoms with van der Waals surface area (Å²) in [6.45, 7) is 5.56. The van der Waals surface area contributed by atoms with E-state index >= 15 is 0 Å². The summed E-state index contributed by atoms with van der Waals surface area (Å²) in [7, 11) is 0. The molecule has 1 aliphatic heterocycles. The largest absolute Gasteiger partial charge is 0.338 e. The number of nitrogens with zero attached hydrogens (tertiary/aromatic N) is 2. The van der Waals surface area contributed by atoms with Crippen LogP contribution in [0.1, 0.15) is 58.1 Å². The fourth-order valence-electron chi connectivity index (χ4n) is 4.51. The van der Waals surface area contributed by atoms with Crippen LogP contribution in [0.25, 0.3) is 0 Å². The van der Waals surface area contributed by atoms with Crippen LogP contribution in [-0.2, 0) is 11.2 Å². The van der Waals surface area contributed by atoms with Gasteiger partial charge in [0.25, 0.3) is 0 Å². The molecule has 0 aromatic carbocycles. The number of rotatable bonds is 4. The Morgan fingerprint density at radius 1 is 1.43 bits per heavy atom. The summed E-state index contributed by atoms with van der Waals surface area (Å²) in [6.07, 6.45) is 8.13. The van der Waals surface area contributed by atoms with Crippen LogP contribution in [0.5, 0.6) is 0 Å². The van der Waals surface area contributed by atoms with E-state index in [1.165, 1.54) is 32.1 Å². The van der Waals surface area contributed by atoms with Crippen LogP contribution in [0.3, 0.4) is 0 Å². The summed E-state index contributed by atoms with van der Waals surface area (Å²) in [5.41, 5.74) is 3.35. The van der Waals surface area contributed by atoms with E-state index < -0.39 is 0 Å². The Morgan fingerprint density at radius 2 is 2.19 bits per heavy atom. The molecule has 1 amide bonds. The monoisotopic (exact) mass is 306 g/mol. The van der Waals surface area contributed by atoms with Crippen LogP contribution in [0.15, 0.2) is 10.9 Å². The maximum Gasteiger partial charge on any atom is 0.223 e. The first kappa shape index (κ1) is 15.0. The Labute approximate surface area is 131 Å². The van der Waals surface area contributed by atoms with Crippen molar-refractivity contribution < 1.29 is 4.79 Å². The van der Waals surface area contributed by atoms with Gasteiger partial charge in [0.2, 0.25) is 5.91 Å². The zero-order valence-electron chi connectivity index (χ0n) is 13.2. The molecule has 3 nitrogen and oxygen atoms in total. The summed E-state index contributed by atoms with van der Waals surface area (Å²) in [5, 5.41) is 2.05. The van der Waals surface area contributed by atoms with E-state index in [1.54, 1.807) is 11.3 Å². The highest BCUT2D eigenvalue weighted by Crippen LogP contribution is 2.51. The molecule has 1 spiro atoms. The summed E-state index contributed by atoms with van der Waals surface area (Å²) in [4.78, 5) is 19.0. The first-order chi connectivity index (χ1) is 10.1. The minimum Gasteiger partial charge on any atom is -0.338 e. The van der Waals surface area contributed by atoms with Gasteiger partial charge >= 0.3 is 0 Å². The highest BCUT2D eigenvalue weighted by Gasteiger charge is 2.54. The second-order valence-electron chi connectivity index (χ2n) is 7.11. The lowest BCUT2D eigenvalue weighted by atomic mass is 9.59. The van der Waals surface area contributed by atoms with Crippen LogP contribution in [0.2, 0.25) is 0 Å². The van der Waals surface area contributed by atoms with Gasteiger partial charge in [0.15, 0.2) is 0 Å². The molecular weight excluding hydrogens is 280 g/mol. The molecule has 2 heterocycles. The minimum atomic E-state index is 0.331. The van der Waals surface area contributed by atoms with Crippen LogP contribution in [-0.4, -0.2) is 28.4 Å². The van der Waals surface area contributed by atoms with Crippen LogP contribution >= 0.6 is 11.3 Å². The lowest BCUT2D eigenvalue weighted by Gasteiger charge is -2.61. The molecule has 1 aromatic rings. The molecule has 0 bridgehead atoms. The Morgan fingerprint density at radius 3 is 2.81 bits per heavy atom. The maximum atomic E-state index is 12.6. The Hall–Kier alpha value is -0.900. The molecule has 1 saturated carbocycles. The van der Waals surface area contributed by atoms with E-state index in [2.05, 4.69) is 23.7 Å². The normalized spacial score (nSPS) is 24.3. The minimum absolute atomic E-state index is 0.331. The van der Waals surface area contributed by atoms with Crippen LogP contribution in [0.4, 0.5) is 0 Å². The molecule has 1 aromatic heterocycles. The van der Waals surface area contributed by atoms with Crippen molar-refractivity contribution in [1.82, 2.24) is 9.88 Å². The van der Waals surface area contributed by atoms with Crippen molar-refractivity contribution in [3.05, 3.63) is 16.6 Å². The molecule has 0 N–H and O–H groups in total. The van der Waals surface area contributed by atoms with Crippen molar-refractivity contribution in [2.24, 2.45) is 11.3 Å². The standard InChI is InChI=1S/C17H26N2OS/c1-13(2)16-17(8-4-3-5-9-17)11-19(16)15(20)7-6-14-10-21-12-18-14/h10,12-13,16H,3-9,11H2,1-2H3. The highest BCUT2D eigenvalue weighted by molar-refractivity contribution is 7.07. The third kappa shape index (κ3) is 2.87. The number of thiazole rings is 1. The van der Waals surface area contributed by atoms with Gasteiger partial charge < -0.3 is 4.90 Å². The molecular formula is C17H26N2OS. The summed E-state index contributed by atoms with van der Waals surface area (Å²) < 4.78 is 0. The first-order valence-corrected chi connectivity index (χ1v) is 9.23. The third-order valence-corrected chi connectivity index (χ3v) is 5.96. The van der Waals surface area contributed by atoms with E-state index in [0.29, 0.717) is 29.7 Å². The maximum absolute atomic E-state index is 12.6. The molecule has 1 aliphatic carbocycles. The third-order valence-electron chi connectivity index (χ3n) is 5.33. The highest BCUT2D eigenvalue weighted by atomic mass is 32.1. The lowest BCUT2D eigenvalue weighted by molar-refractivity contribution is -0.165. The second-order valence-corrected chi connectivity index (χ2v) is 7.83. The second kappa shape index (κ2) is 6.07. The van der Waals surface area contributed by atoms with Gasteiger partial charge in [-0.1, -0.05) is 33.1 Å². The quantitative estimate of drug-likeness (QED) is 0.845. The van der Waals surface area contributed by atoms with Crippen molar-refractivity contribution in [2.45, 2.75) is 64.8 Å². The molecule has 1 atom stereocenters. The van der Waals surface area contributed by atoms with Gasteiger partial charge in [0, 0.05) is 29.8 Å². The summed E-state index contributed by atoms with van der Waals surface area (Å²) >= 11 is 1.61. The average Bonchev–Trinajstić information content (AvgIpc) is 2.96. The van der Waals surface area contributed by atoms with Gasteiger partial charge in [-0.25, -0.2) is 4.98 Å². The SMILES string of the molecule is CC(C)C1N(C(=O)CCc2cscn2)CC12CCCCC2. The van der Waals surface area contributed by atoms with Gasteiger partial charge in [0.05, 0.1) is 11.2 Å². The van der Waals surface area contributed by atoms with Crippen molar-refractivity contribution in [1.29, 1.82) is 0 Å². The molecule has 0 radical (unpaired) electrons. The van der Waals surface area contributed by atoms with Gasteiger partial charge in [-0.3, -0.25) is 4.79 Å². The van der Waals surface area contributed by atoms with Gasteiger partial charge in [-0.2, -0.15) is 0 Å². The molecule has 1 saturated heterocycles. The van der Waals surface area contributed by atoms with Crippen molar-refractivity contribution in [3.8, 4) is 0 Å². The Balaban J connectivity index is 1.61. The molecule has 116 valence electrons. The number of hydrogen-bond acceptors (Lipinski definition) is 3. The summed E-state index contributed by atoms with van der Waals surface area (Å²) in [6, 6.07) is 0.473. The predicted molar refractivity (Wildman–Crippen MR) is 86.3 cm³/mol. The Kier molecular flexibility index (Phi) is 4.34. The molecule has 21 heavy (non-hydrogen) atoms. The van der Waals surface area contributed by atoms with E-state index in [0.717, 1.165) is 18.7 Å². The molecule has 3 rings (SSSR count). The molecule has 2 aliphatic rings. The van der Waals surface area contributed by atoms with Gasteiger partial charge in [0.1, 0.15) is 0 Å². The number of hydrogen-bond donors (Lipinski definition) is 0. The van der Waals surface area contributed by atoms with Gasteiger partial charge in [-0.05, 0) is 25.2 Å². The summed E-state index contributed by atoms with van der Waals surface area (Å²) in [5.74, 6) is 0.901. The average molecular weight is 306 g/mol. The number of aryl methyl sites for hydroxylation is 1. The fourth-order valence-corrected chi connectivity index (χ4v) is 5.10. The molecule has 4 heteroatoms.